The largest absolute Gasteiger partial charge is 0.496 e. The molecule has 0 bridgehead atoms. The van der Waals surface area contributed by atoms with Crippen molar-refractivity contribution in [3.8, 4) is 5.75 Å². The monoisotopic (exact) mass is 510 g/mol. The topological polar surface area (TPSA) is 57.2 Å². The van der Waals surface area contributed by atoms with E-state index in [9.17, 15) is 4.79 Å². The molecule has 1 N–H and O–H groups in total. The van der Waals surface area contributed by atoms with Crippen molar-refractivity contribution in [1.82, 2.24) is 15.1 Å². The van der Waals surface area contributed by atoms with Gasteiger partial charge in [0.05, 0.1) is 7.11 Å². The number of benzene rings is 2. The fourth-order valence-electron chi connectivity index (χ4n) is 2.99. The van der Waals surface area contributed by atoms with Crippen LogP contribution in [0.4, 0.5) is 0 Å². The Morgan fingerprint density at radius 1 is 1.10 bits per heavy atom. The molecule has 0 spiro atoms. The van der Waals surface area contributed by atoms with Gasteiger partial charge in [0.1, 0.15) is 5.75 Å². The van der Waals surface area contributed by atoms with Gasteiger partial charge < -0.3 is 19.9 Å². The molecular weight excluding hydrogens is 479 g/mol. The SMILES string of the molecule is CN=C(NCCc1cccc(C(=O)N(C)C)c1)N(C)Cc1ccccc1OC.I. The zero-order valence-corrected chi connectivity index (χ0v) is 20.1. The van der Waals surface area contributed by atoms with Crippen LogP contribution in [0.25, 0.3) is 0 Å². The Hall–Kier alpha value is -2.29. The van der Waals surface area contributed by atoms with Gasteiger partial charge in [0, 0.05) is 52.4 Å². The summed E-state index contributed by atoms with van der Waals surface area (Å²) in [5.74, 6) is 1.70. The molecule has 0 saturated carbocycles. The van der Waals surface area contributed by atoms with Crippen LogP contribution >= 0.6 is 24.0 Å². The number of carbonyl (C=O) groups is 1. The van der Waals surface area contributed by atoms with E-state index >= 15 is 0 Å². The molecule has 0 atom stereocenters. The van der Waals surface area contributed by atoms with E-state index in [2.05, 4.69) is 21.3 Å². The van der Waals surface area contributed by atoms with Crippen molar-refractivity contribution in [3.63, 3.8) is 0 Å². The standard InChI is InChI=1S/C22H30N4O2.HI/c1-23-22(26(4)16-19-10-6-7-12-20(19)28-5)24-14-13-17-9-8-11-18(15-17)21(27)25(2)3;/h6-12,15H,13-14,16H2,1-5H3,(H,23,24);1H. The number of nitrogens with one attached hydrogen (secondary N) is 1. The van der Waals surface area contributed by atoms with Gasteiger partial charge in [-0.2, -0.15) is 0 Å². The normalized spacial score (nSPS) is 10.7. The summed E-state index contributed by atoms with van der Waals surface area (Å²) >= 11 is 0. The fraction of sp³-hybridized carbons (Fsp3) is 0.364. The second-order valence-electron chi connectivity index (χ2n) is 6.79. The first-order chi connectivity index (χ1) is 13.5. The number of methoxy groups -OCH3 is 1. The predicted octanol–water partition coefficient (Wildman–Crippen LogP) is 3.26. The fourth-order valence-corrected chi connectivity index (χ4v) is 2.99. The average Bonchev–Trinajstić information content (AvgIpc) is 2.71. The molecule has 158 valence electrons. The maximum Gasteiger partial charge on any atom is 0.253 e. The van der Waals surface area contributed by atoms with Crippen LogP contribution < -0.4 is 10.1 Å². The van der Waals surface area contributed by atoms with Crippen LogP contribution in [0.2, 0.25) is 0 Å². The molecule has 2 aromatic carbocycles. The van der Waals surface area contributed by atoms with Crippen molar-refractivity contribution >= 4 is 35.8 Å². The lowest BCUT2D eigenvalue weighted by atomic mass is 10.1. The van der Waals surface area contributed by atoms with Crippen molar-refractivity contribution in [2.75, 3.05) is 41.8 Å². The van der Waals surface area contributed by atoms with E-state index in [-0.39, 0.29) is 29.9 Å². The lowest BCUT2D eigenvalue weighted by Crippen LogP contribution is -2.39. The minimum Gasteiger partial charge on any atom is -0.496 e. The Morgan fingerprint density at radius 2 is 1.83 bits per heavy atom. The number of nitrogens with zero attached hydrogens (tertiary/aromatic N) is 3. The summed E-state index contributed by atoms with van der Waals surface area (Å²) in [5.41, 5.74) is 2.92. The van der Waals surface area contributed by atoms with E-state index in [0.717, 1.165) is 35.8 Å². The molecule has 0 aliphatic heterocycles. The third-order valence-electron chi connectivity index (χ3n) is 4.45. The van der Waals surface area contributed by atoms with Crippen molar-refractivity contribution in [2.24, 2.45) is 4.99 Å². The van der Waals surface area contributed by atoms with Gasteiger partial charge in [-0.25, -0.2) is 0 Å². The van der Waals surface area contributed by atoms with E-state index in [1.807, 2.05) is 49.5 Å². The number of amides is 1. The van der Waals surface area contributed by atoms with Gasteiger partial charge in [0.15, 0.2) is 5.96 Å². The van der Waals surface area contributed by atoms with E-state index in [1.54, 1.807) is 33.2 Å². The number of para-hydroxylation sites is 1. The Bertz CT molecular complexity index is 824. The number of ether oxygens (including phenoxy) is 1. The summed E-state index contributed by atoms with van der Waals surface area (Å²) in [6.45, 7) is 1.42. The molecule has 0 heterocycles. The first kappa shape index (κ1) is 24.7. The molecule has 0 aliphatic rings. The highest BCUT2D eigenvalue weighted by Crippen LogP contribution is 2.18. The van der Waals surface area contributed by atoms with E-state index in [0.29, 0.717) is 12.1 Å². The van der Waals surface area contributed by atoms with Crippen LogP contribution in [0.15, 0.2) is 53.5 Å². The van der Waals surface area contributed by atoms with Crippen LogP contribution in [0.5, 0.6) is 5.75 Å². The number of hydrogen-bond donors (Lipinski definition) is 1. The van der Waals surface area contributed by atoms with E-state index in [4.69, 9.17) is 4.74 Å². The molecule has 0 unspecified atom stereocenters. The van der Waals surface area contributed by atoms with Crippen LogP contribution in [0.1, 0.15) is 21.5 Å². The van der Waals surface area contributed by atoms with Gasteiger partial charge in [-0.05, 0) is 30.2 Å². The van der Waals surface area contributed by atoms with E-state index < -0.39 is 0 Å². The van der Waals surface area contributed by atoms with Crippen molar-refractivity contribution in [3.05, 3.63) is 65.2 Å². The Balaban J connectivity index is 0.00000420. The summed E-state index contributed by atoms with van der Waals surface area (Å²) in [4.78, 5) is 20.1. The molecule has 2 rings (SSSR count). The lowest BCUT2D eigenvalue weighted by molar-refractivity contribution is 0.0827. The van der Waals surface area contributed by atoms with Crippen LogP contribution in [-0.2, 0) is 13.0 Å². The Labute approximate surface area is 191 Å². The molecule has 0 saturated heterocycles. The van der Waals surface area contributed by atoms with Gasteiger partial charge in [-0.3, -0.25) is 9.79 Å². The minimum absolute atomic E-state index is 0. The highest BCUT2D eigenvalue weighted by atomic mass is 127. The maximum atomic E-state index is 12.1. The van der Waals surface area contributed by atoms with Crippen molar-refractivity contribution in [1.29, 1.82) is 0 Å². The maximum absolute atomic E-state index is 12.1. The summed E-state index contributed by atoms with van der Waals surface area (Å²) in [6, 6.07) is 15.7. The zero-order chi connectivity index (χ0) is 20.5. The lowest BCUT2D eigenvalue weighted by Gasteiger charge is -2.23. The average molecular weight is 510 g/mol. The van der Waals surface area contributed by atoms with Gasteiger partial charge >= 0.3 is 0 Å². The molecule has 6 nitrogen and oxygen atoms in total. The molecule has 0 aromatic heterocycles. The molecule has 0 fully saturated rings. The number of carbonyl (C=O) groups excluding carboxylic acids is 1. The van der Waals surface area contributed by atoms with Gasteiger partial charge in [0.2, 0.25) is 0 Å². The number of guanidine groups is 1. The summed E-state index contributed by atoms with van der Waals surface area (Å²) in [7, 11) is 8.98. The highest BCUT2D eigenvalue weighted by molar-refractivity contribution is 14.0. The second-order valence-corrected chi connectivity index (χ2v) is 6.79. The molecule has 0 aliphatic carbocycles. The highest BCUT2D eigenvalue weighted by Gasteiger charge is 2.11. The molecular formula is C22H31IN4O2. The van der Waals surface area contributed by atoms with Crippen LogP contribution in [-0.4, -0.2) is 63.5 Å². The van der Waals surface area contributed by atoms with E-state index in [1.165, 1.54) is 0 Å². The third-order valence-corrected chi connectivity index (χ3v) is 4.45. The van der Waals surface area contributed by atoms with Gasteiger partial charge in [0.25, 0.3) is 5.91 Å². The quantitative estimate of drug-likeness (QED) is 0.353. The van der Waals surface area contributed by atoms with Crippen LogP contribution in [0, 0.1) is 0 Å². The summed E-state index contributed by atoms with van der Waals surface area (Å²) in [5, 5.41) is 3.39. The van der Waals surface area contributed by atoms with Gasteiger partial charge in [-0.15, -0.1) is 24.0 Å². The third kappa shape index (κ3) is 7.23. The number of hydrogen-bond acceptors (Lipinski definition) is 3. The first-order valence-electron chi connectivity index (χ1n) is 9.30. The Morgan fingerprint density at radius 3 is 2.48 bits per heavy atom. The smallest absolute Gasteiger partial charge is 0.253 e. The number of halogens is 1. The Kier molecular flexibility index (Phi) is 10.5. The van der Waals surface area contributed by atoms with Crippen molar-refractivity contribution in [2.45, 2.75) is 13.0 Å². The minimum atomic E-state index is 0. The van der Waals surface area contributed by atoms with Crippen LogP contribution in [0.3, 0.4) is 0 Å². The molecule has 1 amide bonds. The summed E-state index contributed by atoms with van der Waals surface area (Å²) < 4.78 is 5.43. The number of aliphatic imine (C=N–C) groups is 1. The molecule has 29 heavy (non-hydrogen) atoms. The molecule has 7 heteroatoms. The molecule has 2 aromatic rings. The molecule has 0 radical (unpaired) electrons. The second kappa shape index (κ2) is 12.3. The van der Waals surface area contributed by atoms with Gasteiger partial charge in [-0.1, -0.05) is 30.3 Å². The predicted molar refractivity (Wildman–Crippen MR) is 129 cm³/mol. The van der Waals surface area contributed by atoms with Crippen molar-refractivity contribution < 1.29 is 9.53 Å². The zero-order valence-electron chi connectivity index (χ0n) is 17.8. The number of rotatable bonds is 7. The first-order valence-corrected chi connectivity index (χ1v) is 9.30. The summed E-state index contributed by atoms with van der Waals surface area (Å²) in [6.07, 6.45) is 0.802.